The van der Waals surface area contributed by atoms with Gasteiger partial charge in [0.05, 0.1) is 12.1 Å². The van der Waals surface area contributed by atoms with E-state index in [0.29, 0.717) is 11.4 Å². The van der Waals surface area contributed by atoms with Crippen molar-refractivity contribution in [3.05, 3.63) is 34.9 Å². The highest BCUT2D eigenvalue weighted by atomic mass is 35.5. The van der Waals surface area contributed by atoms with E-state index in [0.717, 1.165) is 11.3 Å². The highest BCUT2D eigenvalue weighted by Gasteiger charge is 2.17. The Morgan fingerprint density at radius 2 is 2.17 bits per heavy atom. The Balaban J connectivity index is 2.57. The summed E-state index contributed by atoms with van der Waals surface area (Å²) in [5, 5.41) is 3.54. The summed E-state index contributed by atoms with van der Waals surface area (Å²) in [7, 11) is 0. The van der Waals surface area contributed by atoms with Crippen LogP contribution in [0.25, 0.3) is 0 Å². The monoisotopic (exact) mass is 286 g/mol. The van der Waals surface area contributed by atoms with Gasteiger partial charge in [-0.3, -0.25) is 4.79 Å². The smallest absolute Gasteiger partial charge is 0.237 e. The van der Waals surface area contributed by atoms with Gasteiger partial charge in [0.15, 0.2) is 0 Å². The van der Waals surface area contributed by atoms with E-state index < -0.39 is 6.04 Å². The summed E-state index contributed by atoms with van der Waals surface area (Å²) in [6, 6.07) is 6.89. The van der Waals surface area contributed by atoms with Crippen LogP contribution in [0.15, 0.2) is 24.3 Å². The van der Waals surface area contributed by atoms with E-state index in [1.165, 1.54) is 0 Å². The third-order valence-corrected chi connectivity index (χ3v) is 3.69. The predicted octanol–water partition coefficient (Wildman–Crippen LogP) is 2.60. The number of hydrogen-bond donors (Lipinski definition) is 2. The highest BCUT2D eigenvalue weighted by Crippen LogP contribution is 2.22. The number of carbonyl (C=O) groups excluding carboxylic acids is 1. The molecule has 0 aliphatic carbocycles. The molecule has 0 aliphatic rings. The third-order valence-electron chi connectivity index (χ3n) is 2.70. The largest absolute Gasteiger partial charge is 0.348 e. The Kier molecular flexibility index (Phi) is 6.54. The number of nitrogens with two attached hydrogens (primary N) is 1. The lowest BCUT2D eigenvalue weighted by atomic mass is 10.1. The van der Waals surface area contributed by atoms with Crippen LogP contribution in [-0.2, 0) is 4.79 Å². The van der Waals surface area contributed by atoms with Gasteiger partial charge in [0.2, 0.25) is 5.91 Å². The molecule has 0 spiro atoms. The lowest BCUT2D eigenvalue weighted by Gasteiger charge is -2.18. The van der Waals surface area contributed by atoms with E-state index in [9.17, 15) is 4.79 Å². The van der Waals surface area contributed by atoms with Crippen molar-refractivity contribution in [2.24, 2.45) is 5.73 Å². The molecule has 1 rings (SSSR count). The van der Waals surface area contributed by atoms with Gasteiger partial charge in [-0.05, 0) is 37.0 Å². The van der Waals surface area contributed by atoms with E-state index >= 15 is 0 Å². The molecule has 1 aromatic rings. The molecular formula is C13H19ClN2OS. The molecule has 18 heavy (non-hydrogen) atoms. The van der Waals surface area contributed by atoms with Gasteiger partial charge in [-0.15, -0.1) is 0 Å². The molecule has 0 saturated heterocycles. The molecule has 0 radical (unpaired) electrons. The summed E-state index contributed by atoms with van der Waals surface area (Å²) in [6.07, 6.45) is 2.68. The molecule has 0 heterocycles. The van der Waals surface area contributed by atoms with Crippen LogP contribution in [0.4, 0.5) is 0 Å². The summed E-state index contributed by atoms with van der Waals surface area (Å²) < 4.78 is 0. The minimum Gasteiger partial charge on any atom is -0.348 e. The van der Waals surface area contributed by atoms with Gasteiger partial charge < -0.3 is 11.1 Å². The van der Waals surface area contributed by atoms with E-state index in [2.05, 4.69) is 5.32 Å². The van der Waals surface area contributed by atoms with E-state index in [4.69, 9.17) is 17.3 Å². The van der Waals surface area contributed by atoms with Crippen LogP contribution in [0.1, 0.15) is 24.9 Å². The molecule has 3 nitrogen and oxygen atoms in total. The number of amides is 1. The Morgan fingerprint density at radius 1 is 1.50 bits per heavy atom. The first kappa shape index (κ1) is 15.3. The van der Waals surface area contributed by atoms with Crippen LogP contribution in [0.5, 0.6) is 0 Å². The molecule has 2 atom stereocenters. The number of nitrogens with one attached hydrogen (secondary N) is 1. The van der Waals surface area contributed by atoms with E-state index in [-0.39, 0.29) is 11.9 Å². The Labute approximate surface area is 117 Å². The van der Waals surface area contributed by atoms with Crippen molar-refractivity contribution in [2.75, 3.05) is 12.0 Å². The molecule has 0 fully saturated rings. The van der Waals surface area contributed by atoms with Crippen molar-refractivity contribution >= 4 is 29.3 Å². The molecule has 3 N–H and O–H groups in total. The summed E-state index contributed by atoms with van der Waals surface area (Å²) in [6.45, 7) is 1.90. The first-order valence-electron chi connectivity index (χ1n) is 5.85. The van der Waals surface area contributed by atoms with Crippen LogP contribution in [0.3, 0.4) is 0 Å². The highest BCUT2D eigenvalue weighted by molar-refractivity contribution is 7.98. The fraction of sp³-hybridized carbons (Fsp3) is 0.462. The van der Waals surface area contributed by atoms with Gasteiger partial charge in [-0.2, -0.15) is 11.8 Å². The van der Waals surface area contributed by atoms with Crippen molar-refractivity contribution in [3.8, 4) is 0 Å². The Hall–Kier alpha value is -0.710. The van der Waals surface area contributed by atoms with Crippen molar-refractivity contribution in [1.29, 1.82) is 0 Å². The van der Waals surface area contributed by atoms with Crippen LogP contribution in [0.2, 0.25) is 5.02 Å². The number of rotatable bonds is 6. The van der Waals surface area contributed by atoms with E-state index in [1.807, 2.05) is 37.4 Å². The quantitative estimate of drug-likeness (QED) is 0.845. The number of thioether (sulfide) groups is 1. The lowest BCUT2D eigenvalue weighted by Crippen LogP contribution is -2.42. The number of carbonyl (C=O) groups is 1. The molecule has 1 aromatic carbocycles. The first-order valence-corrected chi connectivity index (χ1v) is 7.62. The standard InChI is InChI=1S/C13H19ClN2OS/c1-9(10-5-3-4-6-11(10)14)16-13(17)12(15)7-8-18-2/h3-6,9,12H,7-8,15H2,1-2H3,(H,16,17)/t9-,12-/m0/s1. The lowest BCUT2D eigenvalue weighted by molar-refractivity contribution is -0.123. The topological polar surface area (TPSA) is 55.1 Å². The van der Waals surface area contributed by atoms with Crippen LogP contribution < -0.4 is 11.1 Å². The second kappa shape index (κ2) is 7.67. The summed E-state index contributed by atoms with van der Waals surface area (Å²) in [5.41, 5.74) is 6.72. The molecule has 0 bridgehead atoms. The first-order chi connectivity index (χ1) is 8.56. The van der Waals surface area contributed by atoms with Gasteiger partial charge >= 0.3 is 0 Å². The zero-order valence-corrected chi connectivity index (χ0v) is 12.2. The zero-order valence-electron chi connectivity index (χ0n) is 10.7. The number of hydrogen-bond acceptors (Lipinski definition) is 3. The molecule has 5 heteroatoms. The third kappa shape index (κ3) is 4.52. The maximum absolute atomic E-state index is 11.9. The molecule has 0 unspecified atom stereocenters. The van der Waals surface area contributed by atoms with Gasteiger partial charge in [0.25, 0.3) is 0 Å². The molecule has 100 valence electrons. The Bertz CT molecular complexity index is 400. The number of benzene rings is 1. The summed E-state index contributed by atoms with van der Waals surface area (Å²) in [5.74, 6) is 0.756. The molecule has 1 amide bonds. The predicted molar refractivity (Wildman–Crippen MR) is 79.0 cm³/mol. The van der Waals surface area contributed by atoms with Crippen molar-refractivity contribution in [2.45, 2.75) is 25.4 Å². The maximum atomic E-state index is 11.9. The second-order valence-corrected chi connectivity index (χ2v) is 5.53. The van der Waals surface area contributed by atoms with Gasteiger partial charge in [-0.1, -0.05) is 29.8 Å². The van der Waals surface area contributed by atoms with Crippen molar-refractivity contribution < 1.29 is 4.79 Å². The minimum absolute atomic E-state index is 0.128. The van der Waals surface area contributed by atoms with Crippen molar-refractivity contribution in [3.63, 3.8) is 0 Å². The molecule has 0 aliphatic heterocycles. The molecule has 0 aromatic heterocycles. The Morgan fingerprint density at radius 3 is 2.78 bits per heavy atom. The maximum Gasteiger partial charge on any atom is 0.237 e. The normalized spacial score (nSPS) is 14.0. The number of halogens is 1. The summed E-state index contributed by atoms with van der Waals surface area (Å²) >= 11 is 7.76. The molecule has 0 saturated carbocycles. The zero-order chi connectivity index (χ0) is 13.5. The van der Waals surface area contributed by atoms with Crippen LogP contribution in [0, 0.1) is 0 Å². The summed E-state index contributed by atoms with van der Waals surface area (Å²) in [4.78, 5) is 11.9. The van der Waals surface area contributed by atoms with Gasteiger partial charge in [-0.25, -0.2) is 0 Å². The van der Waals surface area contributed by atoms with E-state index in [1.54, 1.807) is 11.8 Å². The fourth-order valence-electron chi connectivity index (χ4n) is 1.60. The average molecular weight is 287 g/mol. The van der Waals surface area contributed by atoms with Gasteiger partial charge in [0, 0.05) is 5.02 Å². The SMILES string of the molecule is CSCC[C@H](N)C(=O)N[C@@H](C)c1ccccc1Cl. The fourth-order valence-corrected chi connectivity index (χ4v) is 2.39. The average Bonchev–Trinajstić information content (AvgIpc) is 2.36. The second-order valence-electron chi connectivity index (χ2n) is 4.14. The van der Waals surface area contributed by atoms with Crippen LogP contribution >= 0.6 is 23.4 Å². The minimum atomic E-state index is -0.456. The van der Waals surface area contributed by atoms with Crippen LogP contribution in [-0.4, -0.2) is 24.0 Å². The van der Waals surface area contributed by atoms with Gasteiger partial charge in [0.1, 0.15) is 0 Å². The van der Waals surface area contributed by atoms with Crippen molar-refractivity contribution in [1.82, 2.24) is 5.32 Å². The molecular weight excluding hydrogens is 268 g/mol.